The first kappa shape index (κ1) is 14.5. The van der Waals surface area contributed by atoms with E-state index in [1.807, 2.05) is 31.2 Å². The number of rotatable bonds is 1. The van der Waals surface area contributed by atoms with E-state index in [1.54, 1.807) is 0 Å². The first-order valence-corrected chi connectivity index (χ1v) is 7.48. The Kier molecular flexibility index (Phi) is 3.17. The Bertz CT molecular complexity index is 854. The molecule has 0 unspecified atom stereocenters. The van der Waals surface area contributed by atoms with Gasteiger partial charge in [0.15, 0.2) is 0 Å². The summed E-state index contributed by atoms with van der Waals surface area (Å²) in [5.74, 6) is 0.386. The standard InChI is InChI=1S/C19H22N2O/c1-11-7-12(9-15(18(11)22)19(2,3)4)17-10-13-8-14(20)5-6-16(13)21-17/h5-10,21-22H,20H2,1-4H3. The SMILES string of the molecule is Cc1cc(-c2cc3cc(N)ccc3[nH]2)cc(C(C)(C)C)c1O. The van der Waals surface area contributed by atoms with E-state index in [-0.39, 0.29) is 5.41 Å². The van der Waals surface area contributed by atoms with E-state index in [9.17, 15) is 5.11 Å². The summed E-state index contributed by atoms with van der Waals surface area (Å²) >= 11 is 0. The van der Waals surface area contributed by atoms with Crippen molar-refractivity contribution in [2.24, 2.45) is 0 Å². The number of nitrogen functional groups attached to an aromatic ring is 1. The number of aryl methyl sites for hydroxylation is 1. The minimum atomic E-state index is -0.110. The van der Waals surface area contributed by atoms with E-state index in [2.05, 4.69) is 37.9 Å². The Morgan fingerprint density at radius 2 is 1.77 bits per heavy atom. The summed E-state index contributed by atoms with van der Waals surface area (Å²) in [7, 11) is 0. The van der Waals surface area contributed by atoms with Gasteiger partial charge in [-0.05, 0) is 59.9 Å². The lowest BCUT2D eigenvalue weighted by atomic mass is 9.84. The summed E-state index contributed by atoms with van der Waals surface area (Å²) in [5, 5.41) is 11.4. The average Bonchev–Trinajstić information content (AvgIpc) is 2.83. The van der Waals surface area contributed by atoms with Gasteiger partial charge in [0.05, 0.1) is 0 Å². The number of aromatic amines is 1. The van der Waals surface area contributed by atoms with Gasteiger partial charge in [-0.1, -0.05) is 20.8 Å². The molecule has 3 rings (SSSR count). The third-order valence-corrected chi connectivity index (χ3v) is 4.06. The van der Waals surface area contributed by atoms with Crippen LogP contribution in [0.3, 0.4) is 0 Å². The molecule has 0 saturated heterocycles. The van der Waals surface area contributed by atoms with Crippen LogP contribution < -0.4 is 5.73 Å². The highest BCUT2D eigenvalue weighted by Crippen LogP contribution is 2.37. The zero-order valence-electron chi connectivity index (χ0n) is 13.5. The Hall–Kier alpha value is -2.42. The normalized spacial score (nSPS) is 12.0. The van der Waals surface area contributed by atoms with Crippen molar-refractivity contribution in [3.8, 4) is 17.0 Å². The van der Waals surface area contributed by atoms with Gasteiger partial charge >= 0.3 is 0 Å². The van der Waals surface area contributed by atoms with Crippen molar-refractivity contribution in [2.75, 3.05) is 5.73 Å². The number of anilines is 1. The third kappa shape index (κ3) is 2.43. The van der Waals surface area contributed by atoms with Crippen molar-refractivity contribution < 1.29 is 5.11 Å². The van der Waals surface area contributed by atoms with Gasteiger partial charge in [0, 0.05) is 27.8 Å². The predicted molar refractivity (Wildman–Crippen MR) is 93.2 cm³/mol. The topological polar surface area (TPSA) is 62.0 Å². The van der Waals surface area contributed by atoms with Crippen LogP contribution in [0.15, 0.2) is 36.4 Å². The summed E-state index contributed by atoms with van der Waals surface area (Å²) < 4.78 is 0. The largest absolute Gasteiger partial charge is 0.507 e. The van der Waals surface area contributed by atoms with Crippen LogP contribution in [-0.2, 0) is 5.41 Å². The lowest BCUT2D eigenvalue weighted by Gasteiger charge is -2.22. The molecule has 0 saturated carbocycles. The molecule has 0 amide bonds. The van der Waals surface area contributed by atoms with Crippen LogP contribution in [0.1, 0.15) is 31.9 Å². The van der Waals surface area contributed by atoms with Crippen molar-refractivity contribution in [1.82, 2.24) is 4.98 Å². The van der Waals surface area contributed by atoms with Crippen LogP contribution in [0.4, 0.5) is 5.69 Å². The maximum atomic E-state index is 10.4. The molecule has 0 radical (unpaired) electrons. The van der Waals surface area contributed by atoms with Crippen LogP contribution in [0, 0.1) is 6.92 Å². The molecular weight excluding hydrogens is 272 g/mol. The lowest BCUT2D eigenvalue weighted by molar-refractivity contribution is 0.443. The van der Waals surface area contributed by atoms with Gasteiger partial charge in [-0.15, -0.1) is 0 Å². The molecule has 22 heavy (non-hydrogen) atoms. The molecule has 0 aliphatic rings. The fourth-order valence-electron chi connectivity index (χ4n) is 2.81. The molecule has 3 nitrogen and oxygen atoms in total. The number of benzene rings is 2. The number of phenols is 1. The lowest BCUT2D eigenvalue weighted by Crippen LogP contribution is -2.12. The van der Waals surface area contributed by atoms with Crippen molar-refractivity contribution >= 4 is 16.6 Å². The van der Waals surface area contributed by atoms with E-state index < -0.39 is 0 Å². The maximum Gasteiger partial charge on any atom is 0.122 e. The number of aromatic nitrogens is 1. The molecule has 0 aliphatic heterocycles. The van der Waals surface area contributed by atoms with Crippen LogP contribution in [0.2, 0.25) is 0 Å². The maximum absolute atomic E-state index is 10.4. The van der Waals surface area contributed by atoms with Crippen molar-refractivity contribution in [3.63, 3.8) is 0 Å². The third-order valence-electron chi connectivity index (χ3n) is 4.06. The average molecular weight is 294 g/mol. The fraction of sp³-hybridized carbons (Fsp3) is 0.263. The minimum Gasteiger partial charge on any atom is -0.507 e. The first-order chi connectivity index (χ1) is 10.3. The highest BCUT2D eigenvalue weighted by atomic mass is 16.3. The number of nitrogens with two attached hydrogens (primary N) is 1. The smallest absolute Gasteiger partial charge is 0.122 e. The highest BCUT2D eigenvalue weighted by Gasteiger charge is 2.20. The number of H-pyrrole nitrogens is 1. The molecule has 1 heterocycles. The highest BCUT2D eigenvalue weighted by molar-refractivity contribution is 5.88. The number of fused-ring (bicyclic) bond motifs is 1. The predicted octanol–water partition coefficient (Wildman–Crippen LogP) is 4.73. The van der Waals surface area contributed by atoms with E-state index in [0.29, 0.717) is 5.75 Å². The number of aromatic hydroxyl groups is 1. The molecule has 4 N–H and O–H groups in total. The number of hydrogen-bond donors (Lipinski definition) is 3. The quantitative estimate of drug-likeness (QED) is 0.568. The zero-order valence-corrected chi connectivity index (χ0v) is 13.5. The molecule has 0 aliphatic carbocycles. The van der Waals surface area contributed by atoms with Gasteiger partial charge in [-0.2, -0.15) is 0 Å². The Labute approximate surface area is 130 Å². The Morgan fingerprint density at radius 3 is 2.45 bits per heavy atom. The van der Waals surface area contributed by atoms with Gasteiger partial charge < -0.3 is 15.8 Å². The molecule has 0 fully saturated rings. The molecular formula is C19H22N2O. The minimum absolute atomic E-state index is 0.110. The fourth-order valence-corrected chi connectivity index (χ4v) is 2.81. The number of phenolic OH excluding ortho intramolecular Hbond substituents is 1. The molecule has 3 heteroatoms. The van der Waals surface area contributed by atoms with Gasteiger partial charge in [0.2, 0.25) is 0 Å². The van der Waals surface area contributed by atoms with E-state index >= 15 is 0 Å². The summed E-state index contributed by atoms with van der Waals surface area (Å²) in [6.45, 7) is 8.26. The van der Waals surface area contributed by atoms with Gasteiger partial charge in [0.1, 0.15) is 5.75 Å². The second-order valence-corrected chi connectivity index (χ2v) is 6.97. The van der Waals surface area contributed by atoms with E-state index in [0.717, 1.165) is 39.0 Å². The molecule has 0 spiro atoms. The summed E-state index contributed by atoms with van der Waals surface area (Å²) in [5.41, 5.74) is 11.5. The second kappa shape index (κ2) is 4.80. The first-order valence-electron chi connectivity index (χ1n) is 7.48. The Balaban J connectivity index is 2.20. The number of nitrogens with one attached hydrogen (secondary N) is 1. The molecule has 0 atom stereocenters. The van der Waals surface area contributed by atoms with Crippen molar-refractivity contribution in [1.29, 1.82) is 0 Å². The summed E-state index contributed by atoms with van der Waals surface area (Å²) in [6.07, 6.45) is 0. The van der Waals surface area contributed by atoms with Crippen LogP contribution in [0.25, 0.3) is 22.2 Å². The summed E-state index contributed by atoms with van der Waals surface area (Å²) in [6, 6.07) is 12.0. The zero-order chi connectivity index (χ0) is 16.1. The van der Waals surface area contributed by atoms with Crippen LogP contribution >= 0.6 is 0 Å². The van der Waals surface area contributed by atoms with Crippen LogP contribution in [0.5, 0.6) is 5.75 Å². The molecule has 114 valence electrons. The monoisotopic (exact) mass is 294 g/mol. The van der Waals surface area contributed by atoms with Gasteiger partial charge in [-0.25, -0.2) is 0 Å². The van der Waals surface area contributed by atoms with Gasteiger partial charge in [-0.3, -0.25) is 0 Å². The van der Waals surface area contributed by atoms with Crippen molar-refractivity contribution in [2.45, 2.75) is 33.1 Å². The van der Waals surface area contributed by atoms with E-state index in [1.165, 1.54) is 0 Å². The van der Waals surface area contributed by atoms with Crippen molar-refractivity contribution in [3.05, 3.63) is 47.5 Å². The Morgan fingerprint density at radius 1 is 1.05 bits per heavy atom. The molecule has 0 bridgehead atoms. The second-order valence-electron chi connectivity index (χ2n) is 6.97. The molecule has 1 aromatic heterocycles. The number of hydrogen-bond acceptors (Lipinski definition) is 2. The van der Waals surface area contributed by atoms with Gasteiger partial charge in [0.25, 0.3) is 0 Å². The summed E-state index contributed by atoms with van der Waals surface area (Å²) in [4.78, 5) is 3.43. The molecule has 2 aromatic carbocycles. The van der Waals surface area contributed by atoms with Crippen LogP contribution in [-0.4, -0.2) is 10.1 Å². The molecule has 3 aromatic rings. The van der Waals surface area contributed by atoms with E-state index in [4.69, 9.17) is 5.73 Å².